The van der Waals surface area contributed by atoms with Crippen LogP contribution in [0, 0.1) is 0 Å². The van der Waals surface area contributed by atoms with Gasteiger partial charge >= 0.3 is 0 Å². The molecule has 20 heavy (non-hydrogen) atoms. The van der Waals surface area contributed by atoms with Crippen molar-refractivity contribution >= 4 is 5.91 Å². The third-order valence-corrected chi connectivity index (χ3v) is 3.81. The molecule has 1 fully saturated rings. The Morgan fingerprint density at radius 3 is 2.75 bits per heavy atom. The van der Waals surface area contributed by atoms with Crippen molar-refractivity contribution in [2.75, 3.05) is 19.7 Å². The molecule has 2 N–H and O–H groups in total. The maximum Gasteiger partial charge on any atom is 0.227 e. The number of hydrogen-bond acceptors (Lipinski definition) is 3. The lowest BCUT2D eigenvalue weighted by Crippen LogP contribution is -2.48. The molecule has 0 spiro atoms. The average Bonchev–Trinajstić information content (AvgIpc) is 2.49. The van der Waals surface area contributed by atoms with Crippen LogP contribution in [-0.4, -0.2) is 36.5 Å². The molecule has 1 aliphatic rings. The third kappa shape index (κ3) is 3.73. The molecule has 1 saturated heterocycles. The van der Waals surface area contributed by atoms with E-state index in [2.05, 4.69) is 0 Å². The highest BCUT2D eigenvalue weighted by atomic mass is 16.5. The summed E-state index contributed by atoms with van der Waals surface area (Å²) in [6, 6.07) is 7.99. The molecule has 1 aromatic rings. The molecule has 1 amide bonds. The molecule has 4 nitrogen and oxygen atoms in total. The Morgan fingerprint density at radius 1 is 1.35 bits per heavy atom. The van der Waals surface area contributed by atoms with E-state index in [1.165, 1.54) is 6.42 Å². The van der Waals surface area contributed by atoms with Gasteiger partial charge in [-0.2, -0.15) is 0 Å². The average molecular weight is 276 g/mol. The van der Waals surface area contributed by atoms with Crippen molar-refractivity contribution in [3.8, 4) is 5.75 Å². The Hall–Kier alpha value is -1.55. The minimum Gasteiger partial charge on any atom is -0.494 e. The molecule has 1 unspecified atom stereocenters. The highest BCUT2D eigenvalue weighted by Crippen LogP contribution is 2.18. The summed E-state index contributed by atoms with van der Waals surface area (Å²) in [6.07, 6.45) is 3.74. The fraction of sp³-hybridized carbons (Fsp3) is 0.562. The summed E-state index contributed by atoms with van der Waals surface area (Å²) < 4.78 is 5.40. The molecular weight excluding hydrogens is 252 g/mol. The molecule has 0 aliphatic carbocycles. The van der Waals surface area contributed by atoms with E-state index in [-0.39, 0.29) is 11.9 Å². The van der Waals surface area contributed by atoms with Crippen molar-refractivity contribution in [1.82, 2.24) is 4.90 Å². The van der Waals surface area contributed by atoms with Crippen molar-refractivity contribution in [1.29, 1.82) is 0 Å². The number of rotatable bonds is 5. The fourth-order valence-corrected chi connectivity index (χ4v) is 2.72. The van der Waals surface area contributed by atoms with Crippen molar-refractivity contribution in [2.24, 2.45) is 5.73 Å². The number of nitrogens with zero attached hydrogens (tertiary/aromatic N) is 1. The maximum absolute atomic E-state index is 12.4. The van der Waals surface area contributed by atoms with Crippen LogP contribution in [0.1, 0.15) is 31.7 Å². The SMILES string of the molecule is CCOc1ccc(CC(=O)N2CCCCC2CN)cc1. The van der Waals surface area contributed by atoms with Crippen molar-refractivity contribution in [2.45, 2.75) is 38.6 Å². The van der Waals surface area contributed by atoms with E-state index >= 15 is 0 Å². The molecule has 110 valence electrons. The molecular formula is C16H24N2O2. The van der Waals surface area contributed by atoms with Crippen LogP contribution in [0.5, 0.6) is 5.75 Å². The number of nitrogens with two attached hydrogens (primary N) is 1. The Kier molecular flexibility index (Phi) is 5.41. The molecule has 2 rings (SSSR count). The number of piperidine rings is 1. The summed E-state index contributed by atoms with van der Waals surface area (Å²) in [5.74, 6) is 1.03. The van der Waals surface area contributed by atoms with Crippen LogP contribution in [0.3, 0.4) is 0 Å². The monoisotopic (exact) mass is 276 g/mol. The van der Waals surface area contributed by atoms with E-state index in [9.17, 15) is 4.79 Å². The summed E-state index contributed by atoms with van der Waals surface area (Å²) in [5, 5.41) is 0. The molecule has 0 aromatic heterocycles. The standard InChI is InChI=1S/C16H24N2O2/c1-2-20-15-8-6-13(7-9-15)11-16(19)18-10-4-3-5-14(18)12-17/h6-9,14H,2-5,10-12,17H2,1H3. The molecule has 0 saturated carbocycles. The lowest BCUT2D eigenvalue weighted by Gasteiger charge is -2.35. The van der Waals surface area contributed by atoms with Crippen molar-refractivity contribution in [3.05, 3.63) is 29.8 Å². The Bertz CT molecular complexity index is 431. The van der Waals surface area contributed by atoms with Gasteiger partial charge in [0.2, 0.25) is 5.91 Å². The number of ether oxygens (including phenoxy) is 1. The summed E-state index contributed by atoms with van der Waals surface area (Å²) >= 11 is 0. The molecule has 4 heteroatoms. The molecule has 1 aromatic carbocycles. The minimum absolute atomic E-state index is 0.185. The minimum atomic E-state index is 0.185. The van der Waals surface area contributed by atoms with Gasteiger partial charge in [-0.1, -0.05) is 12.1 Å². The van der Waals surface area contributed by atoms with Gasteiger partial charge in [-0.05, 0) is 43.9 Å². The van der Waals surface area contributed by atoms with E-state index in [1.54, 1.807) is 0 Å². The number of carbonyl (C=O) groups is 1. The third-order valence-electron chi connectivity index (χ3n) is 3.81. The smallest absolute Gasteiger partial charge is 0.227 e. The Morgan fingerprint density at radius 2 is 2.10 bits per heavy atom. The van der Waals surface area contributed by atoms with Gasteiger partial charge in [-0.25, -0.2) is 0 Å². The number of amides is 1. The summed E-state index contributed by atoms with van der Waals surface area (Å²) in [5.41, 5.74) is 6.80. The van der Waals surface area contributed by atoms with Crippen LogP contribution in [-0.2, 0) is 11.2 Å². The largest absolute Gasteiger partial charge is 0.494 e. The topological polar surface area (TPSA) is 55.6 Å². The Labute approximate surface area is 120 Å². The molecule has 0 bridgehead atoms. The summed E-state index contributed by atoms with van der Waals surface area (Å²) in [6.45, 7) is 4.03. The number of carbonyl (C=O) groups excluding carboxylic acids is 1. The predicted octanol–water partition coefficient (Wildman–Crippen LogP) is 1.97. The van der Waals surface area contributed by atoms with Gasteiger partial charge in [0.15, 0.2) is 0 Å². The van der Waals surface area contributed by atoms with Gasteiger partial charge < -0.3 is 15.4 Å². The summed E-state index contributed by atoms with van der Waals surface area (Å²) in [7, 11) is 0. The van der Waals surface area contributed by atoms with Crippen LogP contribution >= 0.6 is 0 Å². The van der Waals surface area contributed by atoms with Crippen molar-refractivity contribution in [3.63, 3.8) is 0 Å². The Balaban J connectivity index is 1.96. The van der Waals surface area contributed by atoms with E-state index in [4.69, 9.17) is 10.5 Å². The second kappa shape index (κ2) is 7.29. The van der Waals surface area contributed by atoms with E-state index in [0.717, 1.165) is 30.7 Å². The van der Waals surface area contributed by atoms with Gasteiger partial charge in [0.25, 0.3) is 0 Å². The van der Waals surface area contributed by atoms with Gasteiger partial charge in [-0.15, -0.1) is 0 Å². The number of benzene rings is 1. The maximum atomic E-state index is 12.4. The van der Waals surface area contributed by atoms with Gasteiger partial charge in [0.05, 0.1) is 13.0 Å². The van der Waals surface area contributed by atoms with Gasteiger partial charge in [0, 0.05) is 19.1 Å². The zero-order chi connectivity index (χ0) is 14.4. The first kappa shape index (κ1) is 14.9. The van der Waals surface area contributed by atoms with Crippen LogP contribution in [0.2, 0.25) is 0 Å². The first-order valence-electron chi connectivity index (χ1n) is 7.46. The predicted molar refractivity (Wildman–Crippen MR) is 79.7 cm³/mol. The molecule has 1 heterocycles. The van der Waals surface area contributed by atoms with Gasteiger partial charge in [-0.3, -0.25) is 4.79 Å². The molecule has 1 atom stereocenters. The first-order valence-corrected chi connectivity index (χ1v) is 7.46. The zero-order valence-corrected chi connectivity index (χ0v) is 12.2. The second-order valence-corrected chi connectivity index (χ2v) is 5.23. The van der Waals surface area contributed by atoms with Crippen LogP contribution < -0.4 is 10.5 Å². The normalized spacial score (nSPS) is 18.9. The van der Waals surface area contributed by atoms with Crippen LogP contribution in [0.4, 0.5) is 0 Å². The first-order chi connectivity index (χ1) is 9.74. The quantitative estimate of drug-likeness (QED) is 0.894. The second-order valence-electron chi connectivity index (χ2n) is 5.23. The molecule has 1 aliphatic heterocycles. The van der Waals surface area contributed by atoms with Crippen molar-refractivity contribution < 1.29 is 9.53 Å². The van der Waals surface area contributed by atoms with E-state index in [0.29, 0.717) is 19.6 Å². The van der Waals surface area contributed by atoms with E-state index < -0.39 is 0 Å². The number of hydrogen-bond donors (Lipinski definition) is 1. The lowest BCUT2D eigenvalue weighted by atomic mass is 10.0. The highest BCUT2D eigenvalue weighted by molar-refractivity contribution is 5.79. The fourth-order valence-electron chi connectivity index (χ4n) is 2.72. The van der Waals surface area contributed by atoms with Crippen LogP contribution in [0.25, 0.3) is 0 Å². The number of likely N-dealkylation sites (tertiary alicyclic amines) is 1. The van der Waals surface area contributed by atoms with Crippen LogP contribution in [0.15, 0.2) is 24.3 Å². The summed E-state index contributed by atoms with van der Waals surface area (Å²) in [4.78, 5) is 14.3. The molecule has 0 radical (unpaired) electrons. The lowest BCUT2D eigenvalue weighted by molar-refractivity contribution is -0.133. The van der Waals surface area contributed by atoms with E-state index in [1.807, 2.05) is 36.1 Å². The zero-order valence-electron chi connectivity index (χ0n) is 12.2. The highest BCUT2D eigenvalue weighted by Gasteiger charge is 2.25. The van der Waals surface area contributed by atoms with Gasteiger partial charge in [0.1, 0.15) is 5.75 Å².